The summed E-state index contributed by atoms with van der Waals surface area (Å²) in [6.07, 6.45) is 0. The molecule has 0 fully saturated rings. The number of carbonyl (C=O) groups excluding carboxylic acids is 1. The molecule has 0 spiro atoms. The number of hydrogen-bond donors (Lipinski definition) is 1. The largest absolute Gasteiger partial charge is 0.486 e. The number of carbonyl (C=O) groups is 1. The van der Waals surface area contributed by atoms with Gasteiger partial charge in [-0.3, -0.25) is 4.79 Å². The molecule has 0 radical (unpaired) electrons. The summed E-state index contributed by atoms with van der Waals surface area (Å²) < 4.78 is 7.85. The average molecular weight is 549 g/mol. The number of hydrogen-bond acceptors (Lipinski definition) is 7. The van der Waals surface area contributed by atoms with E-state index in [4.69, 9.17) is 27.9 Å². The van der Waals surface area contributed by atoms with Crippen molar-refractivity contribution in [1.29, 1.82) is 0 Å². The van der Waals surface area contributed by atoms with Crippen molar-refractivity contribution in [2.75, 3.05) is 11.1 Å². The van der Waals surface area contributed by atoms with Gasteiger partial charge in [0.05, 0.1) is 16.5 Å². The molecule has 1 N–H and O–H groups in total. The summed E-state index contributed by atoms with van der Waals surface area (Å²) in [5.41, 5.74) is 3.83. The van der Waals surface area contributed by atoms with Crippen LogP contribution in [0, 0.1) is 13.8 Å². The Morgan fingerprint density at radius 3 is 2.71 bits per heavy atom. The number of aromatic nitrogens is 4. The molecule has 4 aromatic rings. The zero-order valence-corrected chi connectivity index (χ0v) is 22.5. The summed E-state index contributed by atoms with van der Waals surface area (Å²) in [4.78, 5) is 17.0. The van der Waals surface area contributed by atoms with E-state index < -0.39 is 0 Å². The summed E-state index contributed by atoms with van der Waals surface area (Å²) in [5.74, 6) is 1.48. The Hall–Kier alpha value is -2.59. The maximum atomic E-state index is 12.5. The molecule has 2 heterocycles. The van der Waals surface area contributed by atoms with Gasteiger partial charge in [-0.1, -0.05) is 41.0 Å². The van der Waals surface area contributed by atoms with Gasteiger partial charge in [0.2, 0.25) is 5.91 Å². The van der Waals surface area contributed by atoms with Crippen molar-refractivity contribution in [2.45, 2.75) is 39.1 Å². The number of rotatable bonds is 9. The first kappa shape index (κ1) is 25.5. The highest BCUT2D eigenvalue weighted by Crippen LogP contribution is 2.32. The molecule has 0 aliphatic rings. The highest BCUT2D eigenvalue weighted by atomic mass is 35.5. The molecular weight excluding hydrogens is 525 g/mol. The highest BCUT2D eigenvalue weighted by Gasteiger charge is 2.15. The Morgan fingerprint density at radius 1 is 1.14 bits per heavy atom. The van der Waals surface area contributed by atoms with E-state index in [-0.39, 0.29) is 11.7 Å². The van der Waals surface area contributed by atoms with E-state index in [0.29, 0.717) is 45.0 Å². The van der Waals surface area contributed by atoms with Crippen LogP contribution in [0.1, 0.15) is 23.9 Å². The molecule has 0 atom stereocenters. The van der Waals surface area contributed by atoms with Gasteiger partial charge in [0, 0.05) is 22.5 Å². The molecule has 1 amide bonds. The molecule has 0 unspecified atom stereocenters. The van der Waals surface area contributed by atoms with Crippen molar-refractivity contribution in [1.82, 2.24) is 19.7 Å². The normalized spacial score (nSPS) is 11.0. The van der Waals surface area contributed by atoms with E-state index in [9.17, 15) is 4.79 Å². The lowest BCUT2D eigenvalue weighted by Crippen LogP contribution is -2.14. The first-order valence-electron chi connectivity index (χ1n) is 10.8. The number of nitrogens with one attached hydrogen (secondary N) is 1. The van der Waals surface area contributed by atoms with Gasteiger partial charge in [-0.05, 0) is 62.2 Å². The van der Waals surface area contributed by atoms with Gasteiger partial charge in [0.25, 0.3) is 0 Å². The van der Waals surface area contributed by atoms with Crippen LogP contribution in [-0.2, 0) is 17.9 Å². The van der Waals surface area contributed by atoms with E-state index >= 15 is 0 Å². The third kappa shape index (κ3) is 6.35. The van der Waals surface area contributed by atoms with Crippen LogP contribution in [0.15, 0.2) is 46.9 Å². The van der Waals surface area contributed by atoms with Crippen molar-refractivity contribution in [2.24, 2.45) is 0 Å². The van der Waals surface area contributed by atoms with Gasteiger partial charge >= 0.3 is 0 Å². The standard InChI is InChI=1S/C24H23Cl2N5O2S2/c1-4-31-21(11-33-17-7-5-14(2)15(3)9-17)29-30-24(31)35-13-22(32)28-23-27-20(12-34-23)18-8-6-16(25)10-19(18)26/h5-10,12H,4,11,13H2,1-3H3,(H,27,28,32). The zero-order chi connectivity index (χ0) is 24.9. The summed E-state index contributed by atoms with van der Waals surface area (Å²) in [7, 11) is 0. The highest BCUT2D eigenvalue weighted by molar-refractivity contribution is 7.99. The van der Waals surface area contributed by atoms with Crippen LogP contribution in [0.5, 0.6) is 5.75 Å². The number of halogens is 2. The molecule has 0 saturated heterocycles. The lowest BCUT2D eigenvalue weighted by atomic mass is 10.1. The fourth-order valence-electron chi connectivity index (χ4n) is 3.24. The summed E-state index contributed by atoms with van der Waals surface area (Å²) in [5, 5.41) is 15.4. The van der Waals surface area contributed by atoms with Gasteiger partial charge < -0.3 is 14.6 Å². The molecule has 0 bridgehead atoms. The number of nitrogens with zero attached hydrogens (tertiary/aromatic N) is 4. The number of anilines is 1. The van der Waals surface area contributed by atoms with Crippen molar-refractivity contribution in [3.63, 3.8) is 0 Å². The van der Waals surface area contributed by atoms with E-state index in [2.05, 4.69) is 34.3 Å². The third-order valence-corrected chi connectivity index (χ3v) is 7.52. The lowest BCUT2D eigenvalue weighted by molar-refractivity contribution is -0.113. The van der Waals surface area contributed by atoms with E-state index in [0.717, 1.165) is 11.3 Å². The number of thiazole rings is 1. The van der Waals surface area contributed by atoms with Crippen LogP contribution in [0.2, 0.25) is 10.0 Å². The SMILES string of the molecule is CCn1c(COc2ccc(C)c(C)c2)nnc1SCC(=O)Nc1nc(-c2ccc(Cl)cc2Cl)cs1. The predicted molar refractivity (Wildman–Crippen MR) is 143 cm³/mol. The average Bonchev–Trinajstić information content (AvgIpc) is 3.45. The van der Waals surface area contributed by atoms with Gasteiger partial charge in [-0.15, -0.1) is 21.5 Å². The molecule has 0 aliphatic heterocycles. The van der Waals surface area contributed by atoms with Crippen LogP contribution in [-0.4, -0.2) is 31.4 Å². The molecule has 11 heteroatoms. The Balaban J connectivity index is 1.34. The third-order valence-electron chi connectivity index (χ3n) is 5.25. The second kappa shape index (κ2) is 11.4. The van der Waals surface area contributed by atoms with Crippen molar-refractivity contribution < 1.29 is 9.53 Å². The first-order valence-corrected chi connectivity index (χ1v) is 13.4. The maximum absolute atomic E-state index is 12.5. The fraction of sp³-hybridized carbons (Fsp3) is 0.250. The van der Waals surface area contributed by atoms with Gasteiger partial charge in [0.15, 0.2) is 16.1 Å². The topological polar surface area (TPSA) is 81.9 Å². The molecule has 4 rings (SSSR count). The van der Waals surface area contributed by atoms with Gasteiger partial charge in [-0.25, -0.2) is 4.98 Å². The number of ether oxygens (including phenoxy) is 1. The molecule has 2 aromatic heterocycles. The second-order valence-corrected chi connectivity index (χ2v) is 10.3. The number of benzene rings is 2. The zero-order valence-electron chi connectivity index (χ0n) is 19.3. The lowest BCUT2D eigenvalue weighted by Gasteiger charge is -2.10. The van der Waals surface area contributed by atoms with Crippen LogP contribution < -0.4 is 10.1 Å². The van der Waals surface area contributed by atoms with Crippen molar-refractivity contribution >= 4 is 57.3 Å². The molecule has 182 valence electrons. The van der Waals surface area contributed by atoms with Crippen LogP contribution in [0.4, 0.5) is 5.13 Å². The van der Waals surface area contributed by atoms with Crippen molar-refractivity contribution in [3.05, 3.63) is 68.8 Å². The maximum Gasteiger partial charge on any atom is 0.236 e. The Bertz CT molecular complexity index is 1360. The van der Waals surface area contributed by atoms with Crippen LogP contribution in [0.3, 0.4) is 0 Å². The Morgan fingerprint density at radius 2 is 1.97 bits per heavy atom. The quantitative estimate of drug-likeness (QED) is 0.236. The van der Waals surface area contributed by atoms with E-state index in [1.54, 1.807) is 18.2 Å². The monoisotopic (exact) mass is 547 g/mol. The minimum atomic E-state index is -0.184. The minimum absolute atomic E-state index is 0.173. The Kier molecular flexibility index (Phi) is 8.33. The summed E-state index contributed by atoms with van der Waals surface area (Å²) in [6, 6.07) is 11.2. The summed E-state index contributed by atoms with van der Waals surface area (Å²) in [6.45, 7) is 7.09. The van der Waals surface area contributed by atoms with E-state index in [1.807, 2.05) is 35.1 Å². The molecule has 2 aromatic carbocycles. The Labute approximate surface area is 221 Å². The van der Waals surface area contributed by atoms with Gasteiger partial charge in [0.1, 0.15) is 12.4 Å². The van der Waals surface area contributed by atoms with Gasteiger partial charge in [-0.2, -0.15) is 0 Å². The minimum Gasteiger partial charge on any atom is -0.486 e. The molecule has 0 aliphatic carbocycles. The molecule has 0 saturated carbocycles. The molecule has 7 nitrogen and oxygen atoms in total. The molecular formula is C24H23Cl2N5O2S2. The number of amides is 1. The fourth-order valence-corrected chi connectivity index (χ4v) is 5.29. The van der Waals surface area contributed by atoms with E-state index in [1.165, 1.54) is 34.2 Å². The molecule has 35 heavy (non-hydrogen) atoms. The first-order chi connectivity index (χ1) is 16.8. The number of thioether (sulfide) groups is 1. The van der Waals surface area contributed by atoms with Crippen LogP contribution in [0.25, 0.3) is 11.3 Å². The summed E-state index contributed by atoms with van der Waals surface area (Å²) >= 11 is 14.9. The number of aryl methyl sites for hydroxylation is 2. The van der Waals surface area contributed by atoms with Crippen LogP contribution >= 0.6 is 46.3 Å². The predicted octanol–water partition coefficient (Wildman–Crippen LogP) is 6.65. The second-order valence-electron chi connectivity index (χ2n) is 7.68. The van der Waals surface area contributed by atoms with Crippen molar-refractivity contribution in [3.8, 4) is 17.0 Å². The smallest absolute Gasteiger partial charge is 0.236 e.